The van der Waals surface area contributed by atoms with Crippen molar-refractivity contribution in [1.82, 2.24) is 10.3 Å². The monoisotopic (exact) mass is 277 g/mol. The topological polar surface area (TPSA) is 54.5 Å². The molecule has 1 aliphatic heterocycles. The van der Waals surface area contributed by atoms with E-state index in [2.05, 4.69) is 15.2 Å². The van der Waals surface area contributed by atoms with Gasteiger partial charge in [0.1, 0.15) is 5.82 Å². The number of carbonyl (C=O) groups is 1. The molecule has 1 aromatic rings. The number of pyridine rings is 1. The van der Waals surface area contributed by atoms with Gasteiger partial charge in [-0.2, -0.15) is 0 Å². The Bertz CT molecular complexity index is 427. The molecule has 2 rings (SSSR count). The van der Waals surface area contributed by atoms with Crippen LogP contribution in [-0.2, 0) is 16.1 Å². The predicted molar refractivity (Wildman–Crippen MR) is 78.6 cm³/mol. The minimum absolute atomic E-state index is 0.0654. The number of morpholine rings is 1. The number of aromatic nitrogens is 1. The van der Waals surface area contributed by atoms with E-state index in [9.17, 15) is 4.79 Å². The number of rotatable bonds is 5. The van der Waals surface area contributed by atoms with E-state index in [1.807, 2.05) is 32.2 Å². The minimum atomic E-state index is 0.0654. The van der Waals surface area contributed by atoms with Crippen LogP contribution < -0.4 is 10.2 Å². The van der Waals surface area contributed by atoms with E-state index in [1.54, 1.807) is 0 Å². The van der Waals surface area contributed by atoms with Crippen molar-refractivity contribution in [3.05, 3.63) is 23.9 Å². The molecule has 1 saturated heterocycles. The van der Waals surface area contributed by atoms with Crippen LogP contribution >= 0.6 is 0 Å². The summed E-state index contributed by atoms with van der Waals surface area (Å²) in [4.78, 5) is 18.4. The molecule has 1 amide bonds. The van der Waals surface area contributed by atoms with E-state index in [0.29, 0.717) is 6.54 Å². The molecule has 1 fully saturated rings. The van der Waals surface area contributed by atoms with E-state index in [-0.39, 0.29) is 11.8 Å². The fourth-order valence-corrected chi connectivity index (χ4v) is 2.05. The lowest BCUT2D eigenvalue weighted by atomic mass is 10.1. The van der Waals surface area contributed by atoms with Gasteiger partial charge in [0.15, 0.2) is 0 Å². The second-order valence-corrected chi connectivity index (χ2v) is 5.15. The third-order valence-electron chi connectivity index (χ3n) is 3.67. The molecule has 0 radical (unpaired) electrons. The van der Waals surface area contributed by atoms with Gasteiger partial charge in [-0.05, 0) is 18.1 Å². The maximum absolute atomic E-state index is 11.7. The highest BCUT2D eigenvalue weighted by Crippen LogP contribution is 2.13. The van der Waals surface area contributed by atoms with E-state index >= 15 is 0 Å². The number of hydrogen-bond donors (Lipinski definition) is 1. The van der Waals surface area contributed by atoms with Crippen LogP contribution in [0.5, 0.6) is 0 Å². The summed E-state index contributed by atoms with van der Waals surface area (Å²) in [6, 6.07) is 4.03. The summed E-state index contributed by atoms with van der Waals surface area (Å²) in [5.41, 5.74) is 1.03. The van der Waals surface area contributed by atoms with Crippen molar-refractivity contribution in [2.24, 2.45) is 5.92 Å². The number of carbonyl (C=O) groups excluding carboxylic acids is 1. The average molecular weight is 277 g/mol. The van der Waals surface area contributed by atoms with Gasteiger partial charge in [0, 0.05) is 31.7 Å². The van der Waals surface area contributed by atoms with Crippen LogP contribution in [0.3, 0.4) is 0 Å². The van der Waals surface area contributed by atoms with Crippen molar-refractivity contribution >= 4 is 11.7 Å². The van der Waals surface area contributed by atoms with E-state index in [1.165, 1.54) is 0 Å². The van der Waals surface area contributed by atoms with Gasteiger partial charge in [-0.15, -0.1) is 0 Å². The molecule has 0 spiro atoms. The molecule has 0 unspecified atom stereocenters. The van der Waals surface area contributed by atoms with Crippen LogP contribution in [0.1, 0.15) is 25.8 Å². The Labute approximate surface area is 120 Å². The third kappa shape index (κ3) is 3.93. The maximum Gasteiger partial charge on any atom is 0.223 e. The number of amides is 1. The summed E-state index contributed by atoms with van der Waals surface area (Å²) < 4.78 is 5.33. The van der Waals surface area contributed by atoms with E-state index < -0.39 is 0 Å². The highest BCUT2D eigenvalue weighted by atomic mass is 16.5. The summed E-state index contributed by atoms with van der Waals surface area (Å²) >= 11 is 0. The molecule has 5 nitrogen and oxygen atoms in total. The zero-order valence-corrected chi connectivity index (χ0v) is 12.3. The SMILES string of the molecule is CC[C@H](C)C(=O)NCc1ccc(N2CCOCC2)nc1. The van der Waals surface area contributed by atoms with Crippen molar-refractivity contribution in [2.45, 2.75) is 26.8 Å². The molecule has 0 aromatic carbocycles. The first kappa shape index (κ1) is 14.8. The van der Waals surface area contributed by atoms with Gasteiger partial charge in [0.2, 0.25) is 5.91 Å². The van der Waals surface area contributed by atoms with Crippen molar-refractivity contribution in [1.29, 1.82) is 0 Å². The maximum atomic E-state index is 11.7. The zero-order chi connectivity index (χ0) is 14.4. The van der Waals surface area contributed by atoms with Crippen LogP contribution in [0.25, 0.3) is 0 Å². The molecule has 1 aliphatic rings. The van der Waals surface area contributed by atoms with Crippen molar-refractivity contribution < 1.29 is 9.53 Å². The van der Waals surface area contributed by atoms with E-state index in [0.717, 1.165) is 44.1 Å². The molecule has 2 heterocycles. The standard InChI is InChI=1S/C15H23N3O2/c1-3-12(2)15(19)17-11-13-4-5-14(16-10-13)18-6-8-20-9-7-18/h4-5,10,12H,3,6-9,11H2,1-2H3,(H,17,19)/t12-/m0/s1. The van der Waals surface area contributed by atoms with Crippen LogP contribution in [0, 0.1) is 5.92 Å². The molecule has 0 bridgehead atoms. The Hall–Kier alpha value is -1.62. The summed E-state index contributed by atoms with van der Waals surface area (Å²) in [5.74, 6) is 1.14. The van der Waals surface area contributed by atoms with Crippen LogP contribution in [0.4, 0.5) is 5.82 Å². The zero-order valence-electron chi connectivity index (χ0n) is 12.3. The normalized spacial score (nSPS) is 16.8. The van der Waals surface area contributed by atoms with Gasteiger partial charge in [-0.1, -0.05) is 19.9 Å². The first-order valence-corrected chi connectivity index (χ1v) is 7.26. The first-order chi connectivity index (χ1) is 9.70. The number of ether oxygens (including phenoxy) is 1. The van der Waals surface area contributed by atoms with Crippen molar-refractivity contribution in [2.75, 3.05) is 31.2 Å². The molecular formula is C15H23N3O2. The van der Waals surface area contributed by atoms with Gasteiger partial charge < -0.3 is 15.0 Å². The third-order valence-corrected chi connectivity index (χ3v) is 3.67. The predicted octanol–water partition coefficient (Wildman–Crippen LogP) is 1.58. The van der Waals surface area contributed by atoms with Crippen molar-refractivity contribution in [3.63, 3.8) is 0 Å². The van der Waals surface area contributed by atoms with Gasteiger partial charge in [-0.25, -0.2) is 4.98 Å². The summed E-state index contributed by atoms with van der Waals surface area (Å²) in [6.07, 6.45) is 2.70. The molecule has 1 atom stereocenters. The molecule has 1 N–H and O–H groups in total. The fraction of sp³-hybridized carbons (Fsp3) is 0.600. The minimum Gasteiger partial charge on any atom is -0.378 e. The molecule has 0 aliphatic carbocycles. The van der Waals surface area contributed by atoms with Crippen LogP contribution in [0.15, 0.2) is 18.3 Å². The summed E-state index contributed by atoms with van der Waals surface area (Å²) in [7, 11) is 0. The first-order valence-electron chi connectivity index (χ1n) is 7.26. The van der Waals surface area contributed by atoms with Gasteiger partial charge in [-0.3, -0.25) is 4.79 Å². The molecule has 0 saturated carbocycles. The molecule has 110 valence electrons. The Kier molecular flexibility index (Phi) is 5.35. The number of nitrogens with one attached hydrogen (secondary N) is 1. The van der Waals surface area contributed by atoms with Crippen LogP contribution in [-0.4, -0.2) is 37.2 Å². The highest BCUT2D eigenvalue weighted by Gasteiger charge is 2.12. The number of nitrogens with zero attached hydrogens (tertiary/aromatic N) is 2. The molecule has 20 heavy (non-hydrogen) atoms. The molecular weight excluding hydrogens is 254 g/mol. The molecule has 1 aromatic heterocycles. The fourth-order valence-electron chi connectivity index (χ4n) is 2.05. The van der Waals surface area contributed by atoms with Crippen molar-refractivity contribution in [3.8, 4) is 0 Å². The summed E-state index contributed by atoms with van der Waals surface area (Å²) in [5, 5.41) is 2.94. The summed E-state index contributed by atoms with van der Waals surface area (Å²) in [6.45, 7) is 7.79. The average Bonchev–Trinajstić information content (AvgIpc) is 2.53. The highest BCUT2D eigenvalue weighted by molar-refractivity contribution is 5.78. The smallest absolute Gasteiger partial charge is 0.223 e. The second kappa shape index (κ2) is 7.24. The van der Waals surface area contributed by atoms with Crippen LogP contribution in [0.2, 0.25) is 0 Å². The number of anilines is 1. The lowest BCUT2D eigenvalue weighted by Crippen LogP contribution is -2.36. The van der Waals surface area contributed by atoms with Gasteiger partial charge in [0.25, 0.3) is 0 Å². The Morgan fingerprint density at radius 1 is 1.45 bits per heavy atom. The van der Waals surface area contributed by atoms with Gasteiger partial charge in [0.05, 0.1) is 13.2 Å². The second-order valence-electron chi connectivity index (χ2n) is 5.15. The Morgan fingerprint density at radius 2 is 2.20 bits per heavy atom. The lowest BCUT2D eigenvalue weighted by molar-refractivity contribution is -0.124. The Morgan fingerprint density at radius 3 is 2.80 bits per heavy atom. The van der Waals surface area contributed by atoms with E-state index in [4.69, 9.17) is 4.74 Å². The lowest BCUT2D eigenvalue weighted by Gasteiger charge is -2.27. The molecule has 5 heteroatoms. The van der Waals surface area contributed by atoms with Gasteiger partial charge >= 0.3 is 0 Å². The Balaban J connectivity index is 1.86. The largest absolute Gasteiger partial charge is 0.378 e. The number of hydrogen-bond acceptors (Lipinski definition) is 4. The quantitative estimate of drug-likeness (QED) is 0.888.